The van der Waals surface area contributed by atoms with Crippen LogP contribution in [0.2, 0.25) is 0 Å². The summed E-state index contributed by atoms with van der Waals surface area (Å²) < 4.78 is 0. The van der Waals surface area contributed by atoms with Crippen molar-refractivity contribution in [3.63, 3.8) is 0 Å². The molecule has 1 N–H and O–H groups in total. The number of aromatic nitrogens is 2. The Morgan fingerprint density at radius 1 is 1.27 bits per heavy atom. The minimum Gasteiger partial charge on any atom is -0.364 e. The van der Waals surface area contributed by atoms with Crippen molar-refractivity contribution in [1.82, 2.24) is 14.9 Å². The minimum atomic E-state index is -0.411. The Labute approximate surface area is 129 Å². The highest BCUT2D eigenvalue weighted by atomic mass is 16.6. The van der Waals surface area contributed by atoms with E-state index in [-0.39, 0.29) is 5.69 Å². The van der Waals surface area contributed by atoms with Gasteiger partial charge in [-0.25, -0.2) is 4.98 Å². The Kier molecular flexibility index (Phi) is 5.37. The van der Waals surface area contributed by atoms with Gasteiger partial charge >= 0.3 is 5.69 Å². The van der Waals surface area contributed by atoms with Gasteiger partial charge in [-0.3, -0.25) is 15.1 Å². The van der Waals surface area contributed by atoms with Crippen molar-refractivity contribution in [3.8, 4) is 11.1 Å². The SMILES string of the molecule is CN(C)CCCNc1ncc(-c2ccncc2)cc1[N+](=O)[O-]. The number of hydrogen-bond donors (Lipinski definition) is 1. The van der Waals surface area contributed by atoms with E-state index in [1.807, 2.05) is 14.1 Å². The second kappa shape index (κ2) is 7.46. The first kappa shape index (κ1) is 15.8. The third kappa shape index (κ3) is 4.23. The van der Waals surface area contributed by atoms with Gasteiger partial charge < -0.3 is 10.2 Å². The average Bonchev–Trinajstić information content (AvgIpc) is 2.52. The second-order valence-electron chi connectivity index (χ2n) is 5.17. The van der Waals surface area contributed by atoms with Crippen molar-refractivity contribution >= 4 is 11.5 Å². The summed E-state index contributed by atoms with van der Waals surface area (Å²) in [6, 6.07) is 5.13. The van der Waals surface area contributed by atoms with E-state index in [4.69, 9.17) is 0 Å². The molecule has 0 saturated heterocycles. The Balaban J connectivity index is 2.16. The predicted molar refractivity (Wildman–Crippen MR) is 85.8 cm³/mol. The molecule has 2 rings (SSSR count). The van der Waals surface area contributed by atoms with Gasteiger partial charge in [0, 0.05) is 36.8 Å². The second-order valence-corrected chi connectivity index (χ2v) is 5.17. The highest BCUT2D eigenvalue weighted by Crippen LogP contribution is 2.28. The number of nitro groups is 1. The summed E-state index contributed by atoms with van der Waals surface area (Å²) in [7, 11) is 3.98. The summed E-state index contributed by atoms with van der Waals surface area (Å²) in [6.07, 6.45) is 5.82. The van der Waals surface area contributed by atoms with E-state index in [1.165, 1.54) is 6.07 Å². The van der Waals surface area contributed by atoms with Gasteiger partial charge in [0.1, 0.15) is 0 Å². The van der Waals surface area contributed by atoms with E-state index < -0.39 is 4.92 Å². The smallest absolute Gasteiger partial charge is 0.311 e. The first-order valence-electron chi connectivity index (χ1n) is 7.01. The average molecular weight is 301 g/mol. The van der Waals surface area contributed by atoms with E-state index >= 15 is 0 Å². The molecule has 0 unspecified atom stereocenters. The highest BCUT2D eigenvalue weighted by molar-refractivity contribution is 5.69. The third-order valence-electron chi connectivity index (χ3n) is 3.15. The van der Waals surface area contributed by atoms with E-state index in [9.17, 15) is 10.1 Å². The molecule has 116 valence electrons. The number of anilines is 1. The van der Waals surface area contributed by atoms with Crippen molar-refractivity contribution < 1.29 is 4.92 Å². The molecular weight excluding hydrogens is 282 g/mol. The molecule has 2 aromatic rings. The molecular formula is C15H19N5O2. The number of nitrogens with one attached hydrogen (secondary N) is 1. The first-order valence-corrected chi connectivity index (χ1v) is 7.01. The molecule has 0 aliphatic heterocycles. The molecule has 0 saturated carbocycles. The molecule has 0 radical (unpaired) electrons. The Hall–Kier alpha value is -2.54. The first-order chi connectivity index (χ1) is 10.6. The van der Waals surface area contributed by atoms with Gasteiger partial charge in [0.25, 0.3) is 0 Å². The minimum absolute atomic E-state index is 0.0147. The summed E-state index contributed by atoms with van der Waals surface area (Å²) in [5.41, 5.74) is 1.54. The van der Waals surface area contributed by atoms with E-state index in [1.54, 1.807) is 30.7 Å². The van der Waals surface area contributed by atoms with Crippen LogP contribution in [0.15, 0.2) is 36.8 Å². The van der Waals surface area contributed by atoms with Gasteiger partial charge in [-0.2, -0.15) is 0 Å². The molecule has 0 bridgehead atoms. The summed E-state index contributed by atoms with van der Waals surface area (Å²) >= 11 is 0. The van der Waals surface area contributed by atoms with Crippen molar-refractivity contribution in [2.75, 3.05) is 32.5 Å². The molecule has 2 heterocycles. The zero-order valence-electron chi connectivity index (χ0n) is 12.7. The Morgan fingerprint density at radius 2 is 2.00 bits per heavy atom. The number of nitrogens with zero attached hydrogens (tertiary/aromatic N) is 4. The van der Waals surface area contributed by atoms with Gasteiger partial charge in [0.2, 0.25) is 5.82 Å². The zero-order chi connectivity index (χ0) is 15.9. The topological polar surface area (TPSA) is 84.2 Å². The standard InChI is InChI=1S/C15H19N5O2/c1-19(2)9-3-6-17-15-14(20(21)22)10-13(11-18-15)12-4-7-16-8-5-12/h4-5,7-8,10-11H,3,6,9H2,1-2H3,(H,17,18). The molecule has 0 atom stereocenters. The Bertz CT molecular complexity index is 631. The van der Waals surface area contributed by atoms with Crippen molar-refractivity contribution in [2.24, 2.45) is 0 Å². The lowest BCUT2D eigenvalue weighted by molar-refractivity contribution is -0.384. The number of pyridine rings is 2. The number of hydrogen-bond acceptors (Lipinski definition) is 6. The molecule has 0 spiro atoms. The van der Waals surface area contributed by atoms with Crippen LogP contribution in [-0.2, 0) is 0 Å². The lowest BCUT2D eigenvalue weighted by Crippen LogP contribution is -2.17. The molecule has 0 fully saturated rings. The van der Waals surface area contributed by atoms with E-state index in [0.717, 1.165) is 18.5 Å². The van der Waals surface area contributed by atoms with Gasteiger partial charge in [0.15, 0.2) is 0 Å². The summed E-state index contributed by atoms with van der Waals surface area (Å²) in [5.74, 6) is 0.307. The maximum absolute atomic E-state index is 11.3. The maximum Gasteiger partial charge on any atom is 0.311 e. The monoisotopic (exact) mass is 301 g/mol. The molecule has 0 aliphatic rings. The third-order valence-corrected chi connectivity index (χ3v) is 3.15. The van der Waals surface area contributed by atoms with Crippen LogP contribution in [0, 0.1) is 10.1 Å². The molecule has 7 nitrogen and oxygen atoms in total. The highest BCUT2D eigenvalue weighted by Gasteiger charge is 2.16. The van der Waals surface area contributed by atoms with Gasteiger partial charge in [-0.05, 0) is 44.8 Å². The molecule has 0 aliphatic carbocycles. The fraction of sp³-hybridized carbons (Fsp3) is 0.333. The van der Waals surface area contributed by atoms with Crippen LogP contribution in [0.5, 0.6) is 0 Å². The molecule has 7 heteroatoms. The van der Waals surface area contributed by atoms with Crippen LogP contribution in [0.25, 0.3) is 11.1 Å². The zero-order valence-corrected chi connectivity index (χ0v) is 12.7. The van der Waals surface area contributed by atoms with Crippen LogP contribution < -0.4 is 5.32 Å². The fourth-order valence-electron chi connectivity index (χ4n) is 2.03. The van der Waals surface area contributed by atoms with Crippen LogP contribution in [0.3, 0.4) is 0 Å². The van der Waals surface area contributed by atoms with Gasteiger partial charge in [-0.1, -0.05) is 0 Å². The molecule has 0 amide bonds. The van der Waals surface area contributed by atoms with Gasteiger partial charge in [0.05, 0.1) is 4.92 Å². The largest absolute Gasteiger partial charge is 0.364 e. The maximum atomic E-state index is 11.3. The Morgan fingerprint density at radius 3 is 2.64 bits per heavy atom. The predicted octanol–water partition coefficient (Wildman–Crippen LogP) is 2.42. The van der Waals surface area contributed by atoms with Crippen LogP contribution in [-0.4, -0.2) is 47.0 Å². The lowest BCUT2D eigenvalue weighted by Gasteiger charge is -2.11. The van der Waals surface area contributed by atoms with Crippen LogP contribution in [0.4, 0.5) is 11.5 Å². The molecule has 22 heavy (non-hydrogen) atoms. The molecule has 2 aromatic heterocycles. The quantitative estimate of drug-likeness (QED) is 0.480. The van der Waals surface area contributed by atoms with Crippen molar-refractivity contribution in [3.05, 3.63) is 46.9 Å². The number of rotatable bonds is 7. The summed E-state index contributed by atoms with van der Waals surface area (Å²) in [5, 5.41) is 14.3. The molecule has 0 aromatic carbocycles. The summed E-state index contributed by atoms with van der Waals surface area (Å²) in [6.45, 7) is 1.55. The van der Waals surface area contributed by atoms with Crippen molar-refractivity contribution in [1.29, 1.82) is 0 Å². The summed E-state index contributed by atoms with van der Waals surface area (Å²) in [4.78, 5) is 21.1. The fourth-order valence-corrected chi connectivity index (χ4v) is 2.03. The van der Waals surface area contributed by atoms with Crippen LogP contribution >= 0.6 is 0 Å². The van der Waals surface area contributed by atoms with E-state index in [0.29, 0.717) is 17.9 Å². The van der Waals surface area contributed by atoms with E-state index in [2.05, 4.69) is 20.2 Å². The van der Waals surface area contributed by atoms with Gasteiger partial charge in [-0.15, -0.1) is 0 Å². The van der Waals surface area contributed by atoms with Crippen molar-refractivity contribution in [2.45, 2.75) is 6.42 Å². The normalized spacial score (nSPS) is 10.7. The lowest BCUT2D eigenvalue weighted by atomic mass is 10.1. The van der Waals surface area contributed by atoms with Crippen LogP contribution in [0.1, 0.15) is 6.42 Å².